The fourth-order valence-corrected chi connectivity index (χ4v) is 2.69. The van der Waals surface area contributed by atoms with Crippen LogP contribution in [-0.4, -0.2) is 12.6 Å². The second-order valence-electron chi connectivity index (χ2n) is 5.12. The first-order chi connectivity index (χ1) is 8.08. The van der Waals surface area contributed by atoms with Gasteiger partial charge in [0.25, 0.3) is 0 Å². The maximum atomic E-state index is 3.60. The molecule has 0 heterocycles. The molecular formula is C16H27N. The van der Waals surface area contributed by atoms with Gasteiger partial charge in [-0.2, -0.15) is 0 Å². The molecule has 0 bridgehead atoms. The van der Waals surface area contributed by atoms with Crippen LogP contribution in [0, 0.1) is 20.8 Å². The third-order valence-electron chi connectivity index (χ3n) is 3.42. The summed E-state index contributed by atoms with van der Waals surface area (Å²) in [7, 11) is 0. The largest absolute Gasteiger partial charge is 0.314 e. The quantitative estimate of drug-likeness (QED) is 0.785. The lowest BCUT2D eigenvalue weighted by molar-refractivity contribution is 0.484. The Bertz CT molecular complexity index is 326. The zero-order valence-electron chi connectivity index (χ0n) is 12.1. The monoisotopic (exact) mass is 233 g/mol. The fraction of sp³-hybridized carbons (Fsp3) is 0.625. The Balaban J connectivity index is 2.84. The molecule has 0 aliphatic carbocycles. The van der Waals surface area contributed by atoms with Gasteiger partial charge in [-0.25, -0.2) is 0 Å². The molecule has 1 nitrogen and oxygen atoms in total. The zero-order chi connectivity index (χ0) is 12.8. The third-order valence-corrected chi connectivity index (χ3v) is 3.42. The highest BCUT2D eigenvalue weighted by atomic mass is 14.9. The molecule has 1 rings (SSSR count). The van der Waals surface area contributed by atoms with Crippen molar-refractivity contribution in [2.24, 2.45) is 0 Å². The molecule has 0 aromatic heterocycles. The molecule has 0 saturated carbocycles. The van der Waals surface area contributed by atoms with Crippen LogP contribution < -0.4 is 5.32 Å². The first-order valence-electron chi connectivity index (χ1n) is 6.88. The number of hydrogen-bond donors (Lipinski definition) is 1. The smallest absolute Gasteiger partial charge is 0.0107 e. The van der Waals surface area contributed by atoms with Gasteiger partial charge in [-0.1, -0.05) is 38.0 Å². The number of hydrogen-bond acceptors (Lipinski definition) is 1. The number of aryl methyl sites for hydroxylation is 3. The lowest BCUT2D eigenvalue weighted by Crippen LogP contribution is -2.31. The van der Waals surface area contributed by atoms with Crippen LogP contribution in [0.5, 0.6) is 0 Å². The Morgan fingerprint density at radius 2 is 1.65 bits per heavy atom. The minimum atomic E-state index is 0.630. The summed E-state index contributed by atoms with van der Waals surface area (Å²) in [5.41, 5.74) is 5.80. The normalized spacial score (nSPS) is 12.8. The Kier molecular flexibility index (Phi) is 5.70. The standard InChI is InChI=1S/C16H27N/c1-6-8-15(17-7-2)11-16-13(4)9-12(3)10-14(16)5/h9-10,15,17H,6-8,11H2,1-5H3. The summed E-state index contributed by atoms with van der Waals surface area (Å²) in [4.78, 5) is 0. The molecule has 1 aromatic carbocycles. The summed E-state index contributed by atoms with van der Waals surface area (Å²) < 4.78 is 0. The van der Waals surface area contributed by atoms with Gasteiger partial charge in [0.05, 0.1) is 0 Å². The Morgan fingerprint density at radius 1 is 1.06 bits per heavy atom. The molecule has 0 spiro atoms. The predicted octanol–water partition coefficient (Wildman–Crippen LogP) is 3.93. The summed E-state index contributed by atoms with van der Waals surface area (Å²) in [6.45, 7) is 12.2. The maximum absolute atomic E-state index is 3.60. The molecule has 0 aliphatic rings. The molecule has 1 atom stereocenters. The Labute approximate surface area is 107 Å². The highest BCUT2D eigenvalue weighted by Crippen LogP contribution is 2.19. The van der Waals surface area contributed by atoms with Crippen molar-refractivity contribution in [3.8, 4) is 0 Å². The van der Waals surface area contributed by atoms with Crippen molar-refractivity contribution >= 4 is 0 Å². The molecule has 96 valence electrons. The zero-order valence-corrected chi connectivity index (χ0v) is 12.1. The maximum Gasteiger partial charge on any atom is 0.0107 e. The number of rotatable bonds is 6. The van der Waals surface area contributed by atoms with E-state index in [-0.39, 0.29) is 0 Å². The summed E-state index contributed by atoms with van der Waals surface area (Å²) in [6.07, 6.45) is 3.68. The van der Waals surface area contributed by atoms with Crippen LogP contribution >= 0.6 is 0 Å². The van der Waals surface area contributed by atoms with E-state index in [4.69, 9.17) is 0 Å². The number of likely N-dealkylation sites (N-methyl/N-ethyl adjacent to an activating group) is 1. The third kappa shape index (κ3) is 4.16. The van der Waals surface area contributed by atoms with Crippen molar-refractivity contribution in [1.29, 1.82) is 0 Å². The van der Waals surface area contributed by atoms with Gasteiger partial charge >= 0.3 is 0 Å². The number of benzene rings is 1. The van der Waals surface area contributed by atoms with Gasteiger partial charge in [-0.05, 0) is 56.8 Å². The van der Waals surface area contributed by atoms with E-state index in [1.165, 1.54) is 41.5 Å². The van der Waals surface area contributed by atoms with Crippen molar-refractivity contribution in [1.82, 2.24) is 5.32 Å². The van der Waals surface area contributed by atoms with Crippen LogP contribution in [0.3, 0.4) is 0 Å². The predicted molar refractivity (Wildman–Crippen MR) is 76.7 cm³/mol. The first-order valence-corrected chi connectivity index (χ1v) is 6.88. The highest BCUT2D eigenvalue weighted by molar-refractivity contribution is 5.38. The van der Waals surface area contributed by atoms with E-state index in [9.17, 15) is 0 Å². The van der Waals surface area contributed by atoms with Crippen LogP contribution in [0.25, 0.3) is 0 Å². The van der Waals surface area contributed by atoms with Crippen LogP contribution in [0.2, 0.25) is 0 Å². The van der Waals surface area contributed by atoms with E-state index in [0.29, 0.717) is 6.04 Å². The van der Waals surface area contributed by atoms with Crippen LogP contribution in [-0.2, 0) is 6.42 Å². The van der Waals surface area contributed by atoms with Gasteiger partial charge in [-0.15, -0.1) is 0 Å². The summed E-state index contributed by atoms with van der Waals surface area (Å²) in [5, 5.41) is 3.60. The Morgan fingerprint density at radius 3 is 2.12 bits per heavy atom. The molecule has 0 amide bonds. The van der Waals surface area contributed by atoms with E-state index in [2.05, 4.69) is 52.1 Å². The van der Waals surface area contributed by atoms with Crippen molar-refractivity contribution in [3.63, 3.8) is 0 Å². The molecule has 1 aromatic rings. The molecular weight excluding hydrogens is 206 g/mol. The van der Waals surface area contributed by atoms with Crippen LogP contribution in [0.4, 0.5) is 0 Å². The van der Waals surface area contributed by atoms with Gasteiger partial charge in [0.2, 0.25) is 0 Å². The van der Waals surface area contributed by atoms with Crippen LogP contribution in [0.15, 0.2) is 12.1 Å². The fourth-order valence-electron chi connectivity index (χ4n) is 2.69. The minimum absolute atomic E-state index is 0.630. The molecule has 0 radical (unpaired) electrons. The van der Waals surface area contributed by atoms with Crippen LogP contribution in [0.1, 0.15) is 48.9 Å². The SMILES string of the molecule is CCCC(Cc1c(C)cc(C)cc1C)NCC. The molecule has 1 unspecified atom stereocenters. The summed E-state index contributed by atoms with van der Waals surface area (Å²) in [6, 6.07) is 5.24. The lowest BCUT2D eigenvalue weighted by atomic mass is 9.93. The van der Waals surface area contributed by atoms with Gasteiger partial charge in [-0.3, -0.25) is 0 Å². The highest BCUT2D eigenvalue weighted by Gasteiger charge is 2.11. The molecule has 0 fully saturated rings. The van der Waals surface area contributed by atoms with Gasteiger partial charge in [0.1, 0.15) is 0 Å². The number of nitrogens with one attached hydrogen (secondary N) is 1. The second-order valence-corrected chi connectivity index (χ2v) is 5.12. The van der Waals surface area contributed by atoms with Crippen molar-refractivity contribution < 1.29 is 0 Å². The van der Waals surface area contributed by atoms with E-state index in [1.807, 2.05) is 0 Å². The van der Waals surface area contributed by atoms with Gasteiger partial charge in [0.15, 0.2) is 0 Å². The first kappa shape index (κ1) is 14.2. The summed E-state index contributed by atoms with van der Waals surface area (Å²) >= 11 is 0. The molecule has 1 N–H and O–H groups in total. The lowest BCUT2D eigenvalue weighted by Gasteiger charge is -2.20. The van der Waals surface area contributed by atoms with Crippen molar-refractivity contribution in [2.45, 2.75) is 59.9 Å². The molecule has 17 heavy (non-hydrogen) atoms. The van der Waals surface area contributed by atoms with E-state index in [1.54, 1.807) is 0 Å². The molecule has 0 aliphatic heterocycles. The average molecular weight is 233 g/mol. The average Bonchev–Trinajstić information content (AvgIpc) is 2.23. The Hall–Kier alpha value is -0.820. The van der Waals surface area contributed by atoms with Gasteiger partial charge < -0.3 is 5.32 Å². The van der Waals surface area contributed by atoms with Crippen molar-refractivity contribution in [3.05, 3.63) is 34.4 Å². The second kappa shape index (κ2) is 6.80. The molecule has 1 heteroatoms. The van der Waals surface area contributed by atoms with Crippen molar-refractivity contribution in [2.75, 3.05) is 6.54 Å². The topological polar surface area (TPSA) is 12.0 Å². The van der Waals surface area contributed by atoms with E-state index in [0.717, 1.165) is 6.54 Å². The molecule has 0 saturated heterocycles. The summed E-state index contributed by atoms with van der Waals surface area (Å²) in [5.74, 6) is 0. The van der Waals surface area contributed by atoms with E-state index >= 15 is 0 Å². The van der Waals surface area contributed by atoms with Gasteiger partial charge in [0, 0.05) is 6.04 Å². The minimum Gasteiger partial charge on any atom is -0.314 e. The van der Waals surface area contributed by atoms with E-state index < -0.39 is 0 Å².